The van der Waals surface area contributed by atoms with Gasteiger partial charge in [-0.05, 0) is 12.1 Å². The molecule has 17 heavy (non-hydrogen) atoms. The fourth-order valence-corrected chi connectivity index (χ4v) is 1.38. The third-order valence-electron chi connectivity index (χ3n) is 1.99. The highest BCUT2D eigenvalue weighted by molar-refractivity contribution is 5.70. The van der Waals surface area contributed by atoms with Crippen LogP contribution in [-0.4, -0.2) is 11.9 Å². The first-order valence-corrected chi connectivity index (χ1v) is 5.11. The van der Waals surface area contributed by atoms with E-state index in [0.29, 0.717) is 11.3 Å². The summed E-state index contributed by atoms with van der Waals surface area (Å²) in [5.74, 6) is -0.484. The molecule has 90 valence electrons. The lowest BCUT2D eigenvalue weighted by Gasteiger charge is -2.16. The van der Waals surface area contributed by atoms with Crippen LogP contribution in [0.4, 0.5) is 0 Å². The molecule has 0 aliphatic rings. The molecule has 0 bridgehead atoms. The predicted octanol–water partition coefficient (Wildman–Crippen LogP) is 2.40. The Morgan fingerprint density at radius 2 is 1.88 bits per heavy atom. The van der Waals surface area contributed by atoms with E-state index in [1.165, 1.54) is 19.9 Å². The topological polar surface area (TPSA) is 52.6 Å². The van der Waals surface area contributed by atoms with Crippen LogP contribution in [-0.2, 0) is 14.3 Å². The number of ether oxygens (including phenoxy) is 2. The summed E-state index contributed by atoms with van der Waals surface area (Å²) in [5, 5.41) is 0. The Morgan fingerprint density at radius 3 is 2.41 bits per heavy atom. The van der Waals surface area contributed by atoms with Gasteiger partial charge in [0, 0.05) is 19.4 Å². The largest absolute Gasteiger partial charge is 0.453 e. The molecular formula is C13H14O4. The Balaban J connectivity index is 3.05. The molecule has 0 heterocycles. The lowest BCUT2D eigenvalue weighted by molar-refractivity contribution is -0.144. The SMILES string of the molecule is C=C[C@H](OC(C)=O)c1ccccc1OC(C)=O. The molecular weight excluding hydrogens is 220 g/mol. The van der Waals surface area contributed by atoms with E-state index in [2.05, 4.69) is 6.58 Å². The highest BCUT2D eigenvalue weighted by Crippen LogP contribution is 2.28. The first-order valence-electron chi connectivity index (χ1n) is 5.11. The van der Waals surface area contributed by atoms with Gasteiger partial charge in [0.05, 0.1) is 0 Å². The Kier molecular flexibility index (Phi) is 4.46. The van der Waals surface area contributed by atoms with E-state index in [-0.39, 0.29) is 0 Å². The van der Waals surface area contributed by atoms with Gasteiger partial charge in [-0.2, -0.15) is 0 Å². The van der Waals surface area contributed by atoms with Crippen LogP contribution in [0.15, 0.2) is 36.9 Å². The van der Waals surface area contributed by atoms with Crippen LogP contribution in [0.3, 0.4) is 0 Å². The Hall–Kier alpha value is -2.10. The van der Waals surface area contributed by atoms with Gasteiger partial charge in [0.1, 0.15) is 11.9 Å². The molecule has 0 saturated heterocycles. The summed E-state index contributed by atoms with van der Waals surface area (Å²) < 4.78 is 10.1. The van der Waals surface area contributed by atoms with E-state index in [0.717, 1.165) is 0 Å². The third-order valence-corrected chi connectivity index (χ3v) is 1.99. The highest BCUT2D eigenvalue weighted by atomic mass is 16.6. The molecule has 1 aromatic carbocycles. The van der Waals surface area contributed by atoms with E-state index in [1.807, 2.05) is 0 Å². The number of benzene rings is 1. The van der Waals surface area contributed by atoms with Crippen molar-refractivity contribution in [3.63, 3.8) is 0 Å². The maximum atomic E-state index is 10.9. The first-order chi connectivity index (χ1) is 8.04. The summed E-state index contributed by atoms with van der Waals surface area (Å²) in [6.45, 7) is 6.21. The van der Waals surface area contributed by atoms with Gasteiger partial charge in [-0.1, -0.05) is 24.8 Å². The third kappa shape index (κ3) is 3.75. The van der Waals surface area contributed by atoms with Gasteiger partial charge < -0.3 is 9.47 Å². The molecule has 0 aromatic heterocycles. The molecule has 0 spiro atoms. The van der Waals surface area contributed by atoms with Crippen LogP contribution >= 0.6 is 0 Å². The van der Waals surface area contributed by atoms with Crippen LogP contribution in [0.25, 0.3) is 0 Å². The van der Waals surface area contributed by atoms with Gasteiger partial charge in [-0.25, -0.2) is 0 Å². The van der Waals surface area contributed by atoms with Crippen LogP contribution in [0.2, 0.25) is 0 Å². The monoisotopic (exact) mass is 234 g/mol. The number of carbonyl (C=O) groups is 2. The second kappa shape index (κ2) is 5.84. The fourth-order valence-electron chi connectivity index (χ4n) is 1.38. The fraction of sp³-hybridized carbons (Fsp3) is 0.231. The Morgan fingerprint density at radius 1 is 1.24 bits per heavy atom. The zero-order chi connectivity index (χ0) is 12.8. The minimum Gasteiger partial charge on any atom is -0.453 e. The molecule has 0 aliphatic carbocycles. The summed E-state index contributed by atoms with van der Waals surface area (Å²) >= 11 is 0. The van der Waals surface area contributed by atoms with Crippen molar-refractivity contribution in [1.82, 2.24) is 0 Å². The van der Waals surface area contributed by atoms with Gasteiger partial charge in [0.2, 0.25) is 0 Å². The minimum absolute atomic E-state index is 0.367. The number of para-hydroxylation sites is 1. The molecule has 0 N–H and O–H groups in total. The van der Waals surface area contributed by atoms with E-state index >= 15 is 0 Å². The van der Waals surface area contributed by atoms with Crippen LogP contribution in [0.1, 0.15) is 25.5 Å². The number of carbonyl (C=O) groups excluding carboxylic acids is 2. The van der Waals surface area contributed by atoms with E-state index < -0.39 is 18.0 Å². The number of hydrogen-bond donors (Lipinski definition) is 0. The van der Waals surface area contributed by atoms with Crippen molar-refractivity contribution in [2.24, 2.45) is 0 Å². The molecule has 0 aliphatic heterocycles. The minimum atomic E-state index is -0.622. The Labute approximate surface area is 99.8 Å². The second-order valence-electron chi connectivity index (χ2n) is 3.40. The smallest absolute Gasteiger partial charge is 0.308 e. The summed E-state index contributed by atoms with van der Waals surface area (Å²) in [5.41, 5.74) is 0.591. The van der Waals surface area contributed by atoms with E-state index in [9.17, 15) is 9.59 Å². The lowest BCUT2D eigenvalue weighted by atomic mass is 10.1. The maximum absolute atomic E-state index is 10.9. The Bertz CT molecular complexity index is 437. The van der Waals surface area contributed by atoms with Gasteiger partial charge in [-0.15, -0.1) is 0 Å². The zero-order valence-corrected chi connectivity index (χ0v) is 9.80. The molecule has 1 rings (SSSR count). The molecule has 0 radical (unpaired) electrons. The lowest BCUT2D eigenvalue weighted by Crippen LogP contribution is -2.10. The van der Waals surface area contributed by atoms with Gasteiger partial charge in [-0.3, -0.25) is 9.59 Å². The summed E-state index contributed by atoms with van der Waals surface area (Å²) in [6.07, 6.45) is 0.854. The summed E-state index contributed by atoms with van der Waals surface area (Å²) in [7, 11) is 0. The number of esters is 2. The van der Waals surface area contributed by atoms with Crippen molar-refractivity contribution in [3.05, 3.63) is 42.5 Å². The van der Waals surface area contributed by atoms with E-state index in [4.69, 9.17) is 9.47 Å². The highest BCUT2D eigenvalue weighted by Gasteiger charge is 2.16. The van der Waals surface area contributed by atoms with Crippen molar-refractivity contribution < 1.29 is 19.1 Å². The summed E-state index contributed by atoms with van der Waals surface area (Å²) in [6, 6.07) is 6.85. The van der Waals surface area contributed by atoms with E-state index in [1.54, 1.807) is 24.3 Å². The van der Waals surface area contributed by atoms with Crippen LogP contribution < -0.4 is 4.74 Å². The molecule has 1 atom stereocenters. The summed E-state index contributed by atoms with van der Waals surface area (Å²) in [4.78, 5) is 21.9. The normalized spacial score (nSPS) is 11.4. The average Bonchev–Trinajstić information content (AvgIpc) is 2.26. The van der Waals surface area contributed by atoms with Gasteiger partial charge in [0.25, 0.3) is 0 Å². The maximum Gasteiger partial charge on any atom is 0.308 e. The van der Waals surface area contributed by atoms with Crippen molar-refractivity contribution >= 4 is 11.9 Å². The standard InChI is InChI=1S/C13H14O4/c1-4-12(16-9(2)14)11-7-5-6-8-13(11)17-10(3)15/h4-8,12H,1H2,2-3H3/t12-/m0/s1. The van der Waals surface area contributed by atoms with Gasteiger partial charge >= 0.3 is 11.9 Å². The average molecular weight is 234 g/mol. The first kappa shape index (κ1) is 13.0. The second-order valence-corrected chi connectivity index (χ2v) is 3.40. The number of hydrogen-bond acceptors (Lipinski definition) is 4. The van der Waals surface area contributed by atoms with Crippen molar-refractivity contribution in [2.45, 2.75) is 20.0 Å². The molecule has 0 fully saturated rings. The van der Waals surface area contributed by atoms with Crippen molar-refractivity contribution in [2.75, 3.05) is 0 Å². The quantitative estimate of drug-likeness (QED) is 0.456. The van der Waals surface area contributed by atoms with Crippen LogP contribution in [0, 0.1) is 0 Å². The van der Waals surface area contributed by atoms with Crippen molar-refractivity contribution in [3.8, 4) is 5.75 Å². The number of rotatable bonds is 4. The molecule has 0 amide bonds. The molecule has 0 saturated carbocycles. The van der Waals surface area contributed by atoms with Gasteiger partial charge in [0.15, 0.2) is 0 Å². The molecule has 0 unspecified atom stereocenters. The van der Waals surface area contributed by atoms with Crippen molar-refractivity contribution in [1.29, 1.82) is 0 Å². The molecule has 4 heteroatoms. The zero-order valence-electron chi connectivity index (χ0n) is 9.80. The van der Waals surface area contributed by atoms with Crippen LogP contribution in [0.5, 0.6) is 5.75 Å². The molecule has 4 nitrogen and oxygen atoms in total. The molecule has 1 aromatic rings. The predicted molar refractivity (Wildman–Crippen MR) is 62.5 cm³/mol.